The Bertz CT molecular complexity index is 273. The Kier molecular flexibility index (Phi) is 4.16. The molecule has 0 aliphatic rings. The number of anilines is 1. The lowest BCUT2D eigenvalue weighted by molar-refractivity contribution is 1.44. The molecule has 11 heavy (non-hydrogen) atoms. The maximum atomic E-state index is 3.15. The fourth-order valence-electron chi connectivity index (χ4n) is 0.719. The average molecular weight is 485 g/mol. The monoisotopic (exact) mass is 485 g/mol. The molecule has 0 spiro atoms. The SMILES string of the molecule is CNc1ccc(I)c(I)c1I. The highest BCUT2D eigenvalue weighted by molar-refractivity contribution is 14.1. The van der Waals surface area contributed by atoms with Crippen molar-refractivity contribution in [2.75, 3.05) is 12.4 Å². The van der Waals surface area contributed by atoms with Crippen molar-refractivity contribution < 1.29 is 0 Å². The molecular weight excluding hydrogens is 479 g/mol. The second-order valence-corrected chi connectivity index (χ2v) is 5.29. The molecule has 0 saturated carbocycles. The Balaban J connectivity index is 3.25. The average Bonchev–Trinajstić information content (AvgIpc) is 2.01. The molecule has 1 rings (SSSR count). The van der Waals surface area contributed by atoms with Crippen LogP contribution in [0.15, 0.2) is 12.1 Å². The zero-order valence-electron chi connectivity index (χ0n) is 5.79. The van der Waals surface area contributed by atoms with Gasteiger partial charge in [0.25, 0.3) is 0 Å². The maximum absolute atomic E-state index is 3.15. The summed E-state index contributed by atoms with van der Waals surface area (Å²) in [5, 5.41) is 3.15. The molecule has 0 heterocycles. The van der Waals surface area contributed by atoms with Gasteiger partial charge < -0.3 is 5.32 Å². The van der Waals surface area contributed by atoms with Gasteiger partial charge in [0.05, 0.1) is 3.57 Å². The van der Waals surface area contributed by atoms with Crippen molar-refractivity contribution in [1.29, 1.82) is 0 Å². The summed E-state index contributed by atoms with van der Waals surface area (Å²) in [5.74, 6) is 0. The number of nitrogens with one attached hydrogen (secondary N) is 1. The van der Waals surface area contributed by atoms with Crippen LogP contribution in [0.25, 0.3) is 0 Å². The first-order valence-corrected chi connectivity index (χ1v) is 6.21. The van der Waals surface area contributed by atoms with Crippen molar-refractivity contribution in [3.05, 3.63) is 22.8 Å². The van der Waals surface area contributed by atoms with Crippen LogP contribution in [0.4, 0.5) is 5.69 Å². The highest BCUT2D eigenvalue weighted by Gasteiger charge is 2.04. The zero-order valence-corrected chi connectivity index (χ0v) is 12.3. The third-order valence-electron chi connectivity index (χ3n) is 1.30. The predicted molar refractivity (Wildman–Crippen MR) is 74.1 cm³/mol. The first-order valence-electron chi connectivity index (χ1n) is 2.98. The van der Waals surface area contributed by atoms with Crippen LogP contribution in [0.3, 0.4) is 0 Å². The van der Waals surface area contributed by atoms with Crippen LogP contribution in [0.2, 0.25) is 0 Å². The number of benzene rings is 1. The molecule has 0 atom stereocenters. The molecule has 1 aromatic rings. The first-order chi connectivity index (χ1) is 5.16. The molecule has 60 valence electrons. The van der Waals surface area contributed by atoms with Gasteiger partial charge in [-0.25, -0.2) is 0 Å². The highest BCUT2D eigenvalue weighted by Crippen LogP contribution is 2.27. The molecule has 1 aromatic carbocycles. The molecule has 0 aromatic heterocycles. The van der Waals surface area contributed by atoms with Crippen LogP contribution in [-0.4, -0.2) is 7.05 Å². The Labute approximate surface area is 107 Å². The van der Waals surface area contributed by atoms with Gasteiger partial charge in [0.1, 0.15) is 0 Å². The Morgan fingerprint density at radius 3 is 2.27 bits per heavy atom. The maximum Gasteiger partial charge on any atom is 0.0506 e. The lowest BCUT2D eigenvalue weighted by atomic mass is 10.3. The molecule has 1 N–H and O–H groups in total. The summed E-state index contributed by atoms with van der Waals surface area (Å²) >= 11 is 7.06. The molecule has 0 fully saturated rings. The van der Waals surface area contributed by atoms with E-state index in [4.69, 9.17) is 0 Å². The summed E-state index contributed by atoms with van der Waals surface area (Å²) < 4.78 is 3.94. The molecular formula is C7H6I3N. The second-order valence-electron chi connectivity index (χ2n) is 1.97. The first kappa shape index (κ1) is 10.3. The quantitative estimate of drug-likeness (QED) is 0.475. The summed E-state index contributed by atoms with van der Waals surface area (Å²) in [6.45, 7) is 0. The van der Waals surface area contributed by atoms with Crippen molar-refractivity contribution in [2.24, 2.45) is 0 Å². The number of halogens is 3. The van der Waals surface area contributed by atoms with Gasteiger partial charge in [-0.15, -0.1) is 0 Å². The molecule has 0 aliphatic carbocycles. The van der Waals surface area contributed by atoms with Gasteiger partial charge in [-0.05, 0) is 79.9 Å². The van der Waals surface area contributed by atoms with Crippen LogP contribution >= 0.6 is 67.8 Å². The third-order valence-corrected chi connectivity index (χ3v) is 6.51. The molecule has 0 saturated heterocycles. The largest absolute Gasteiger partial charge is 0.387 e. The van der Waals surface area contributed by atoms with E-state index in [1.807, 2.05) is 7.05 Å². The minimum atomic E-state index is 1.20. The van der Waals surface area contributed by atoms with E-state index in [2.05, 4.69) is 85.2 Å². The molecule has 4 heteroatoms. The van der Waals surface area contributed by atoms with E-state index >= 15 is 0 Å². The van der Waals surface area contributed by atoms with Crippen LogP contribution in [0, 0.1) is 10.7 Å². The lowest BCUT2D eigenvalue weighted by Gasteiger charge is -2.06. The van der Waals surface area contributed by atoms with E-state index in [9.17, 15) is 0 Å². The molecule has 0 unspecified atom stereocenters. The van der Waals surface area contributed by atoms with Gasteiger partial charge in [-0.3, -0.25) is 0 Å². The van der Waals surface area contributed by atoms with Gasteiger partial charge in [-0.1, -0.05) is 0 Å². The second kappa shape index (κ2) is 4.45. The topological polar surface area (TPSA) is 12.0 Å². The Hall–Kier alpha value is 1.21. The van der Waals surface area contributed by atoms with E-state index in [-0.39, 0.29) is 0 Å². The molecule has 0 bridgehead atoms. The predicted octanol–water partition coefficient (Wildman–Crippen LogP) is 3.54. The van der Waals surface area contributed by atoms with E-state index in [0.717, 1.165) is 0 Å². The minimum absolute atomic E-state index is 1.20. The van der Waals surface area contributed by atoms with Crippen LogP contribution in [0.1, 0.15) is 0 Å². The van der Waals surface area contributed by atoms with Crippen molar-refractivity contribution in [3.8, 4) is 0 Å². The van der Waals surface area contributed by atoms with E-state index in [0.29, 0.717) is 0 Å². The van der Waals surface area contributed by atoms with Gasteiger partial charge in [0.2, 0.25) is 0 Å². The summed E-state index contributed by atoms with van der Waals surface area (Å²) in [7, 11) is 1.94. The van der Waals surface area contributed by atoms with Crippen LogP contribution in [0.5, 0.6) is 0 Å². The van der Waals surface area contributed by atoms with Gasteiger partial charge in [-0.2, -0.15) is 0 Å². The van der Waals surface area contributed by atoms with Crippen LogP contribution < -0.4 is 5.32 Å². The molecule has 0 amide bonds. The fourth-order valence-corrected chi connectivity index (χ4v) is 2.89. The van der Waals surface area contributed by atoms with Crippen molar-refractivity contribution in [3.63, 3.8) is 0 Å². The molecule has 1 nitrogen and oxygen atoms in total. The minimum Gasteiger partial charge on any atom is -0.387 e. The number of rotatable bonds is 1. The van der Waals surface area contributed by atoms with Crippen molar-refractivity contribution in [1.82, 2.24) is 0 Å². The third kappa shape index (κ3) is 2.33. The Morgan fingerprint density at radius 1 is 1.09 bits per heavy atom. The fraction of sp³-hybridized carbons (Fsp3) is 0.143. The van der Waals surface area contributed by atoms with E-state index in [1.165, 1.54) is 16.4 Å². The zero-order chi connectivity index (χ0) is 8.43. The van der Waals surface area contributed by atoms with Gasteiger partial charge in [0.15, 0.2) is 0 Å². The highest BCUT2D eigenvalue weighted by atomic mass is 127. The number of hydrogen-bond donors (Lipinski definition) is 1. The van der Waals surface area contributed by atoms with E-state index < -0.39 is 0 Å². The number of hydrogen-bond acceptors (Lipinski definition) is 1. The normalized spacial score (nSPS) is 9.82. The lowest BCUT2D eigenvalue weighted by Crippen LogP contribution is -1.94. The summed E-state index contributed by atoms with van der Waals surface area (Å²) in [4.78, 5) is 0. The van der Waals surface area contributed by atoms with Gasteiger partial charge in [0, 0.05) is 19.9 Å². The molecule has 0 radical (unpaired) electrons. The standard InChI is InChI=1S/C7H6I3N/c1-11-5-3-2-4(8)6(9)7(5)10/h2-3,11H,1H3. The summed E-state index contributed by atoms with van der Waals surface area (Å²) in [6.07, 6.45) is 0. The summed E-state index contributed by atoms with van der Waals surface area (Å²) in [6, 6.07) is 4.22. The van der Waals surface area contributed by atoms with Gasteiger partial charge >= 0.3 is 0 Å². The summed E-state index contributed by atoms with van der Waals surface area (Å²) in [5.41, 5.74) is 1.20. The Morgan fingerprint density at radius 2 is 1.73 bits per heavy atom. The molecule has 0 aliphatic heterocycles. The van der Waals surface area contributed by atoms with Crippen molar-refractivity contribution >= 4 is 73.5 Å². The van der Waals surface area contributed by atoms with Crippen LogP contribution in [-0.2, 0) is 0 Å². The van der Waals surface area contributed by atoms with E-state index in [1.54, 1.807) is 0 Å². The smallest absolute Gasteiger partial charge is 0.0506 e. The van der Waals surface area contributed by atoms with Crippen molar-refractivity contribution in [2.45, 2.75) is 0 Å².